The van der Waals surface area contributed by atoms with Gasteiger partial charge in [0.1, 0.15) is 6.23 Å². The lowest BCUT2D eigenvalue weighted by molar-refractivity contribution is 0.0252. The molecule has 1 fully saturated rings. The van der Waals surface area contributed by atoms with E-state index in [-0.39, 0.29) is 11.5 Å². The van der Waals surface area contributed by atoms with Crippen LogP contribution in [0.3, 0.4) is 0 Å². The number of hydrogen-bond donors (Lipinski definition) is 1. The summed E-state index contributed by atoms with van der Waals surface area (Å²) < 4.78 is 21.8. The van der Waals surface area contributed by atoms with Crippen LogP contribution in [0.1, 0.15) is 6.92 Å². The van der Waals surface area contributed by atoms with Gasteiger partial charge in [0.25, 0.3) is 0 Å². The first kappa shape index (κ1) is 8.96. The van der Waals surface area contributed by atoms with E-state index in [0.717, 1.165) is 0 Å². The van der Waals surface area contributed by atoms with Crippen molar-refractivity contribution in [2.24, 2.45) is 0 Å². The van der Waals surface area contributed by atoms with E-state index in [1.807, 2.05) is 0 Å². The zero-order chi connectivity index (χ0) is 8.48. The molecule has 0 bridgehead atoms. The van der Waals surface area contributed by atoms with Gasteiger partial charge in [0.05, 0.1) is 11.5 Å². The van der Waals surface area contributed by atoms with Crippen LogP contribution in [0.25, 0.3) is 0 Å². The number of sulfone groups is 1. The molecule has 1 heterocycles. The van der Waals surface area contributed by atoms with Crippen LogP contribution in [0.15, 0.2) is 0 Å². The Bertz CT molecular complexity index is 208. The monoisotopic (exact) mass is 179 g/mol. The Kier molecular flexibility index (Phi) is 2.51. The minimum Gasteiger partial charge on any atom is -0.379 e. The van der Waals surface area contributed by atoms with E-state index in [2.05, 4.69) is 0 Å². The summed E-state index contributed by atoms with van der Waals surface area (Å²) in [5.41, 5.74) is 0. The topological polar surface area (TPSA) is 57.6 Å². The highest BCUT2D eigenvalue weighted by Crippen LogP contribution is 2.05. The normalized spacial score (nSPS) is 28.2. The average Bonchev–Trinajstić information content (AvgIpc) is 1.86. The van der Waals surface area contributed by atoms with E-state index in [9.17, 15) is 8.42 Å². The molecule has 0 radical (unpaired) electrons. The van der Waals surface area contributed by atoms with Gasteiger partial charge in [-0.25, -0.2) is 8.42 Å². The summed E-state index contributed by atoms with van der Waals surface area (Å²) >= 11 is 0. The maximum absolute atomic E-state index is 10.9. The summed E-state index contributed by atoms with van der Waals surface area (Å²) in [6.07, 6.45) is -0.523. The second-order valence-corrected chi connectivity index (χ2v) is 5.12. The van der Waals surface area contributed by atoms with E-state index < -0.39 is 16.1 Å². The minimum atomic E-state index is -2.80. The van der Waals surface area contributed by atoms with Gasteiger partial charge in [0.15, 0.2) is 9.84 Å². The van der Waals surface area contributed by atoms with Crippen molar-refractivity contribution in [2.45, 2.75) is 13.2 Å². The standard InChI is InChI=1S/C6H13NO3S/c1-6(8)7-2-4-11(9,10)5-3-7/h6,8H,2-5H2,1H3. The molecule has 1 atom stereocenters. The number of rotatable bonds is 1. The first-order chi connectivity index (χ1) is 5.01. The highest BCUT2D eigenvalue weighted by molar-refractivity contribution is 7.91. The van der Waals surface area contributed by atoms with Crippen LogP contribution >= 0.6 is 0 Å². The number of hydrogen-bond acceptors (Lipinski definition) is 4. The summed E-state index contributed by atoms with van der Waals surface area (Å²) in [6.45, 7) is 2.57. The van der Waals surface area contributed by atoms with Crippen molar-refractivity contribution in [3.8, 4) is 0 Å². The lowest BCUT2D eigenvalue weighted by atomic mass is 10.4. The van der Waals surface area contributed by atoms with Crippen LogP contribution in [-0.4, -0.2) is 49.2 Å². The fourth-order valence-electron chi connectivity index (χ4n) is 1.10. The lowest BCUT2D eigenvalue weighted by Crippen LogP contribution is -2.44. The first-order valence-corrected chi connectivity index (χ1v) is 5.46. The summed E-state index contributed by atoms with van der Waals surface area (Å²) in [6, 6.07) is 0. The second kappa shape index (κ2) is 3.08. The predicted molar refractivity (Wildman–Crippen MR) is 41.9 cm³/mol. The molecule has 1 rings (SSSR count). The Labute approximate surface area is 66.7 Å². The molecule has 1 N–H and O–H groups in total. The van der Waals surface area contributed by atoms with Gasteiger partial charge in [-0.3, -0.25) is 4.90 Å². The molecule has 0 aromatic heterocycles. The van der Waals surface area contributed by atoms with Gasteiger partial charge in [-0.05, 0) is 6.92 Å². The van der Waals surface area contributed by atoms with Gasteiger partial charge in [0, 0.05) is 13.1 Å². The molecule has 0 aromatic carbocycles. The molecule has 1 unspecified atom stereocenters. The fraction of sp³-hybridized carbons (Fsp3) is 1.00. The maximum Gasteiger partial charge on any atom is 0.152 e. The van der Waals surface area contributed by atoms with Crippen molar-refractivity contribution < 1.29 is 13.5 Å². The Hall–Kier alpha value is -0.130. The molecular weight excluding hydrogens is 166 g/mol. The molecule has 0 aliphatic carbocycles. The number of nitrogens with zero attached hydrogens (tertiary/aromatic N) is 1. The van der Waals surface area contributed by atoms with Crippen LogP contribution < -0.4 is 0 Å². The van der Waals surface area contributed by atoms with Crippen LogP contribution in [0.4, 0.5) is 0 Å². The van der Waals surface area contributed by atoms with E-state index >= 15 is 0 Å². The summed E-state index contributed by atoms with van der Waals surface area (Å²) in [4.78, 5) is 1.75. The second-order valence-electron chi connectivity index (χ2n) is 2.82. The third-order valence-electron chi connectivity index (χ3n) is 1.91. The third-order valence-corrected chi connectivity index (χ3v) is 3.52. The molecule has 4 nitrogen and oxygen atoms in total. The Balaban J connectivity index is 2.49. The zero-order valence-corrected chi connectivity index (χ0v) is 7.34. The Morgan fingerprint density at radius 1 is 1.36 bits per heavy atom. The van der Waals surface area contributed by atoms with Crippen molar-refractivity contribution in [1.29, 1.82) is 0 Å². The molecule has 0 saturated carbocycles. The van der Waals surface area contributed by atoms with Gasteiger partial charge in [-0.15, -0.1) is 0 Å². The molecule has 0 amide bonds. The van der Waals surface area contributed by atoms with E-state index in [1.54, 1.807) is 11.8 Å². The van der Waals surface area contributed by atoms with Crippen molar-refractivity contribution in [1.82, 2.24) is 4.90 Å². The van der Waals surface area contributed by atoms with E-state index in [4.69, 9.17) is 5.11 Å². The van der Waals surface area contributed by atoms with Gasteiger partial charge in [-0.1, -0.05) is 0 Å². The number of aliphatic hydroxyl groups excluding tert-OH is 1. The number of aliphatic hydroxyl groups is 1. The molecule has 1 aliphatic rings. The van der Waals surface area contributed by atoms with Crippen LogP contribution in [0.5, 0.6) is 0 Å². The predicted octanol–water partition coefficient (Wildman–Crippen LogP) is -0.945. The quantitative estimate of drug-likeness (QED) is 0.564. The fourth-order valence-corrected chi connectivity index (χ4v) is 2.33. The summed E-state index contributed by atoms with van der Waals surface area (Å²) in [5.74, 6) is 0.357. The molecular formula is C6H13NO3S. The van der Waals surface area contributed by atoms with Gasteiger partial charge >= 0.3 is 0 Å². The molecule has 66 valence electrons. The van der Waals surface area contributed by atoms with Gasteiger partial charge in [-0.2, -0.15) is 0 Å². The maximum atomic E-state index is 10.9. The molecule has 11 heavy (non-hydrogen) atoms. The third kappa shape index (κ3) is 2.43. The Morgan fingerprint density at radius 3 is 2.18 bits per heavy atom. The first-order valence-electron chi connectivity index (χ1n) is 3.64. The van der Waals surface area contributed by atoms with Crippen molar-refractivity contribution in [2.75, 3.05) is 24.6 Å². The van der Waals surface area contributed by atoms with E-state index in [1.165, 1.54) is 0 Å². The highest BCUT2D eigenvalue weighted by atomic mass is 32.2. The zero-order valence-electron chi connectivity index (χ0n) is 6.52. The van der Waals surface area contributed by atoms with Crippen molar-refractivity contribution in [3.05, 3.63) is 0 Å². The highest BCUT2D eigenvalue weighted by Gasteiger charge is 2.23. The molecule has 0 spiro atoms. The largest absolute Gasteiger partial charge is 0.379 e. The SMILES string of the molecule is CC(O)N1CCS(=O)(=O)CC1. The van der Waals surface area contributed by atoms with Crippen molar-refractivity contribution in [3.63, 3.8) is 0 Å². The van der Waals surface area contributed by atoms with Crippen LogP contribution in [-0.2, 0) is 9.84 Å². The van der Waals surface area contributed by atoms with Gasteiger partial charge < -0.3 is 5.11 Å². The smallest absolute Gasteiger partial charge is 0.152 e. The lowest BCUT2D eigenvalue weighted by Gasteiger charge is -2.28. The van der Waals surface area contributed by atoms with Crippen molar-refractivity contribution >= 4 is 9.84 Å². The molecule has 0 aromatic rings. The molecule has 5 heteroatoms. The van der Waals surface area contributed by atoms with Crippen LogP contribution in [0, 0.1) is 0 Å². The average molecular weight is 179 g/mol. The summed E-state index contributed by atoms with van der Waals surface area (Å²) in [5, 5.41) is 9.08. The van der Waals surface area contributed by atoms with E-state index in [0.29, 0.717) is 13.1 Å². The van der Waals surface area contributed by atoms with Gasteiger partial charge in [0.2, 0.25) is 0 Å². The Morgan fingerprint density at radius 2 is 1.82 bits per heavy atom. The minimum absolute atomic E-state index is 0.178. The summed E-state index contributed by atoms with van der Waals surface area (Å²) in [7, 11) is -2.80. The van der Waals surface area contributed by atoms with Crippen LogP contribution in [0.2, 0.25) is 0 Å². The molecule has 1 saturated heterocycles. The molecule has 1 aliphatic heterocycles.